The number of aromatic nitrogens is 3. The predicted molar refractivity (Wildman–Crippen MR) is 60.8 cm³/mol. The molecule has 0 saturated carbocycles. The Hall–Kier alpha value is -1.14. The molecular weight excluding hydrogens is 232 g/mol. The Morgan fingerprint density at radius 3 is 2.62 bits per heavy atom. The molecule has 1 rings (SSSR count). The quantitative estimate of drug-likeness (QED) is 0.810. The molecule has 0 amide bonds. The molecule has 90 valence electrons. The SMILES string of the molecule is COc1nc(Cl)nc(NC(C)(C)CCO)n1. The average Bonchev–Trinajstić information content (AvgIpc) is 2.15. The smallest absolute Gasteiger partial charge is 0.322 e. The number of nitrogens with one attached hydrogen (secondary N) is 1. The second kappa shape index (κ2) is 5.27. The Kier molecular flexibility index (Phi) is 4.26. The molecule has 0 aromatic carbocycles. The van der Waals surface area contributed by atoms with Crippen molar-refractivity contribution in [1.29, 1.82) is 0 Å². The van der Waals surface area contributed by atoms with Crippen molar-refractivity contribution in [3.8, 4) is 6.01 Å². The van der Waals surface area contributed by atoms with Crippen LogP contribution in [0.1, 0.15) is 20.3 Å². The first-order valence-electron chi connectivity index (χ1n) is 4.81. The number of hydrogen-bond acceptors (Lipinski definition) is 6. The molecule has 0 aliphatic carbocycles. The van der Waals surface area contributed by atoms with Crippen molar-refractivity contribution in [2.24, 2.45) is 0 Å². The molecule has 1 aromatic rings. The van der Waals surface area contributed by atoms with Crippen molar-refractivity contribution >= 4 is 17.5 Å². The summed E-state index contributed by atoms with van der Waals surface area (Å²) in [4.78, 5) is 11.7. The lowest BCUT2D eigenvalue weighted by atomic mass is 10.0. The molecule has 1 aromatic heterocycles. The molecule has 6 nitrogen and oxygen atoms in total. The van der Waals surface area contributed by atoms with E-state index in [1.54, 1.807) is 0 Å². The number of aliphatic hydroxyl groups excluding tert-OH is 1. The predicted octanol–water partition coefficient (Wildman–Crippen LogP) is 1.11. The van der Waals surface area contributed by atoms with Gasteiger partial charge in [0, 0.05) is 12.1 Å². The summed E-state index contributed by atoms with van der Waals surface area (Å²) in [5.74, 6) is 0.329. The minimum Gasteiger partial charge on any atom is -0.467 e. The molecule has 0 aliphatic rings. The first-order valence-corrected chi connectivity index (χ1v) is 5.19. The zero-order chi connectivity index (χ0) is 12.2. The monoisotopic (exact) mass is 246 g/mol. The Labute approximate surface area is 99.0 Å². The third kappa shape index (κ3) is 3.79. The van der Waals surface area contributed by atoms with Crippen molar-refractivity contribution in [1.82, 2.24) is 15.0 Å². The Morgan fingerprint density at radius 2 is 2.06 bits per heavy atom. The molecule has 0 aliphatic heterocycles. The highest BCUT2D eigenvalue weighted by atomic mass is 35.5. The van der Waals surface area contributed by atoms with Gasteiger partial charge in [0.05, 0.1) is 7.11 Å². The van der Waals surface area contributed by atoms with Crippen molar-refractivity contribution in [3.05, 3.63) is 5.28 Å². The minimum absolute atomic E-state index is 0.0640. The summed E-state index contributed by atoms with van der Waals surface area (Å²) in [7, 11) is 1.45. The zero-order valence-corrected chi connectivity index (χ0v) is 10.2. The maximum Gasteiger partial charge on any atom is 0.322 e. The standard InChI is InChI=1S/C9H15ClN4O2/c1-9(2,4-5-15)14-7-11-6(10)12-8(13-7)16-3/h15H,4-5H2,1-3H3,(H,11,12,13,14). The van der Waals surface area contributed by atoms with Crippen LogP contribution in [0.3, 0.4) is 0 Å². The van der Waals surface area contributed by atoms with Gasteiger partial charge in [-0.3, -0.25) is 0 Å². The second-order valence-corrected chi connectivity index (χ2v) is 4.24. The second-order valence-electron chi connectivity index (χ2n) is 3.90. The number of halogens is 1. The van der Waals surface area contributed by atoms with Crippen LogP contribution < -0.4 is 10.1 Å². The van der Waals surface area contributed by atoms with Crippen LogP contribution in [0.15, 0.2) is 0 Å². The molecule has 16 heavy (non-hydrogen) atoms. The van der Waals surface area contributed by atoms with Crippen LogP contribution in [-0.4, -0.2) is 39.3 Å². The molecule has 7 heteroatoms. The fourth-order valence-electron chi connectivity index (χ4n) is 1.12. The van der Waals surface area contributed by atoms with E-state index >= 15 is 0 Å². The number of hydrogen-bond donors (Lipinski definition) is 2. The molecule has 0 atom stereocenters. The largest absolute Gasteiger partial charge is 0.467 e. The highest BCUT2D eigenvalue weighted by molar-refractivity contribution is 6.28. The summed E-state index contributed by atoms with van der Waals surface area (Å²) >= 11 is 5.70. The molecule has 0 unspecified atom stereocenters. The van der Waals surface area contributed by atoms with E-state index in [0.717, 1.165) is 0 Å². The van der Waals surface area contributed by atoms with E-state index in [2.05, 4.69) is 20.3 Å². The highest BCUT2D eigenvalue weighted by Crippen LogP contribution is 2.17. The lowest BCUT2D eigenvalue weighted by Gasteiger charge is -2.25. The lowest BCUT2D eigenvalue weighted by Crippen LogP contribution is -2.33. The van der Waals surface area contributed by atoms with Gasteiger partial charge in [0.2, 0.25) is 11.2 Å². The summed E-state index contributed by atoms with van der Waals surface area (Å²) in [6, 6.07) is 0.155. The molecule has 0 fully saturated rings. The van der Waals surface area contributed by atoms with Crippen LogP contribution in [0, 0.1) is 0 Å². The Bertz CT molecular complexity index is 359. The molecular formula is C9H15ClN4O2. The topological polar surface area (TPSA) is 80.2 Å². The fourth-order valence-corrected chi connectivity index (χ4v) is 1.28. The lowest BCUT2D eigenvalue weighted by molar-refractivity contribution is 0.260. The number of rotatable bonds is 5. The number of aliphatic hydroxyl groups is 1. The van der Waals surface area contributed by atoms with Gasteiger partial charge in [-0.05, 0) is 31.9 Å². The first-order chi connectivity index (χ1) is 7.46. The maximum atomic E-state index is 8.89. The fraction of sp³-hybridized carbons (Fsp3) is 0.667. The number of ether oxygens (including phenoxy) is 1. The minimum atomic E-state index is -0.329. The van der Waals surface area contributed by atoms with E-state index in [-0.39, 0.29) is 23.4 Å². The van der Waals surface area contributed by atoms with Crippen LogP contribution in [0.5, 0.6) is 6.01 Å². The van der Waals surface area contributed by atoms with Gasteiger partial charge < -0.3 is 15.2 Å². The van der Waals surface area contributed by atoms with Gasteiger partial charge in [-0.1, -0.05) is 0 Å². The van der Waals surface area contributed by atoms with Crippen LogP contribution >= 0.6 is 11.6 Å². The Balaban J connectivity index is 2.84. The summed E-state index contributed by atoms with van der Waals surface area (Å²) in [6.45, 7) is 3.93. The first kappa shape index (κ1) is 12.9. The van der Waals surface area contributed by atoms with Gasteiger partial charge in [-0.25, -0.2) is 0 Å². The van der Waals surface area contributed by atoms with E-state index in [4.69, 9.17) is 21.4 Å². The van der Waals surface area contributed by atoms with E-state index in [0.29, 0.717) is 12.4 Å². The van der Waals surface area contributed by atoms with Crippen molar-refractivity contribution in [2.45, 2.75) is 25.8 Å². The summed E-state index contributed by atoms with van der Waals surface area (Å²) < 4.78 is 4.87. The van der Waals surface area contributed by atoms with Crippen LogP contribution in [0.25, 0.3) is 0 Å². The van der Waals surface area contributed by atoms with Crippen molar-refractivity contribution in [3.63, 3.8) is 0 Å². The van der Waals surface area contributed by atoms with Gasteiger partial charge in [-0.2, -0.15) is 15.0 Å². The van der Waals surface area contributed by atoms with Gasteiger partial charge in [0.25, 0.3) is 0 Å². The van der Waals surface area contributed by atoms with E-state index in [1.165, 1.54) is 7.11 Å². The zero-order valence-electron chi connectivity index (χ0n) is 9.49. The van der Waals surface area contributed by atoms with E-state index < -0.39 is 0 Å². The molecule has 0 spiro atoms. The molecule has 2 N–H and O–H groups in total. The average molecular weight is 247 g/mol. The highest BCUT2D eigenvalue weighted by Gasteiger charge is 2.18. The normalized spacial score (nSPS) is 11.3. The van der Waals surface area contributed by atoms with E-state index in [1.807, 2.05) is 13.8 Å². The number of nitrogens with zero attached hydrogens (tertiary/aromatic N) is 3. The van der Waals surface area contributed by atoms with Gasteiger partial charge in [0.15, 0.2) is 0 Å². The van der Waals surface area contributed by atoms with Gasteiger partial charge in [-0.15, -0.1) is 0 Å². The summed E-state index contributed by atoms with van der Waals surface area (Å²) in [5, 5.41) is 12.0. The molecule has 0 bridgehead atoms. The van der Waals surface area contributed by atoms with Crippen LogP contribution in [0.2, 0.25) is 5.28 Å². The third-order valence-corrected chi connectivity index (χ3v) is 2.13. The van der Waals surface area contributed by atoms with Crippen LogP contribution in [0.4, 0.5) is 5.95 Å². The Morgan fingerprint density at radius 1 is 1.38 bits per heavy atom. The van der Waals surface area contributed by atoms with Crippen molar-refractivity contribution in [2.75, 3.05) is 19.0 Å². The summed E-state index contributed by atoms with van der Waals surface area (Å²) in [5.41, 5.74) is -0.329. The van der Waals surface area contributed by atoms with Gasteiger partial charge in [0.1, 0.15) is 0 Å². The van der Waals surface area contributed by atoms with E-state index in [9.17, 15) is 0 Å². The molecule has 1 heterocycles. The summed E-state index contributed by atoms with van der Waals surface area (Å²) in [6.07, 6.45) is 0.568. The van der Waals surface area contributed by atoms with Crippen LogP contribution in [-0.2, 0) is 0 Å². The van der Waals surface area contributed by atoms with Gasteiger partial charge >= 0.3 is 6.01 Å². The number of anilines is 1. The van der Waals surface area contributed by atoms with Crippen molar-refractivity contribution < 1.29 is 9.84 Å². The maximum absolute atomic E-state index is 8.89. The molecule has 0 saturated heterocycles. The number of methoxy groups -OCH3 is 1. The third-order valence-electron chi connectivity index (χ3n) is 1.96. The molecule has 0 radical (unpaired) electrons.